The van der Waals surface area contributed by atoms with Crippen molar-refractivity contribution in [3.8, 4) is 0 Å². The van der Waals surface area contributed by atoms with Gasteiger partial charge < -0.3 is 23.8 Å². The van der Waals surface area contributed by atoms with Crippen molar-refractivity contribution in [3.05, 3.63) is 12.2 Å². The summed E-state index contributed by atoms with van der Waals surface area (Å²) in [6, 6.07) is -0.610. The van der Waals surface area contributed by atoms with E-state index in [0.29, 0.717) is 19.3 Å². The van der Waals surface area contributed by atoms with Crippen molar-refractivity contribution in [1.29, 1.82) is 0 Å². The van der Waals surface area contributed by atoms with Crippen molar-refractivity contribution < 1.29 is 38.2 Å². The molecular weight excluding hydrogens is 691 g/mol. The zero-order chi connectivity index (χ0) is 40.7. The Labute approximate surface area is 339 Å². The van der Waals surface area contributed by atoms with Gasteiger partial charge in [0.1, 0.15) is 6.61 Å². The summed E-state index contributed by atoms with van der Waals surface area (Å²) in [4.78, 5) is 36.9. The molecule has 0 aromatic rings. The summed E-state index contributed by atoms with van der Waals surface area (Å²) in [5.41, 5.74) is 0. The van der Waals surface area contributed by atoms with Crippen LogP contribution < -0.4 is 0 Å². The number of likely N-dealkylation sites (N-methyl/N-ethyl adjacent to an activating group) is 1. The van der Waals surface area contributed by atoms with Gasteiger partial charge >= 0.3 is 17.9 Å². The minimum Gasteiger partial charge on any atom is -0.477 e. The summed E-state index contributed by atoms with van der Waals surface area (Å²) in [5, 5.41) is 9.61. The van der Waals surface area contributed by atoms with Crippen LogP contribution in [0.25, 0.3) is 0 Å². The summed E-state index contributed by atoms with van der Waals surface area (Å²) in [7, 11) is 5.53. The molecule has 0 saturated heterocycles. The summed E-state index contributed by atoms with van der Waals surface area (Å²) in [6.45, 7) is 4.75. The largest absolute Gasteiger partial charge is 0.477 e. The average Bonchev–Trinajstić information content (AvgIpc) is 3.14. The van der Waals surface area contributed by atoms with Crippen LogP contribution in [0.3, 0.4) is 0 Å². The molecule has 1 N–H and O–H groups in total. The van der Waals surface area contributed by atoms with E-state index in [1.54, 1.807) is 0 Å². The second kappa shape index (κ2) is 38.9. The molecule has 0 aliphatic heterocycles. The number of ether oxygens (including phenoxy) is 3. The monoisotopic (exact) mass is 781 g/mol. The van der Waals surface area contributed by atoms with Gasteiger partial charge in [-0.1, -0.05) is 174 Å². The number of hydrogen-bond donors (Lipinski definition) is 1. The van der Waals surface area contributed by atoms with Crippen LogP contribution >= 0.6 is 0 Å². The number of aliphatic carboxylic acids is 1. The summed E-state index contributed by atoms with van der Waals surface area (Å²) in [5.74, 6) is -1.46. The van der Waals surface area contributed by atoms with E-state index in [0.717, 1.165) is 38.5 Å². The number of carboxylic acid groups (broad SMARTS) is 1. The third-order valence-corrected chi connectivity index (χ3v) is 10.7. The fourth-order valence-electron chi connectivity index (χ4n) is 7.03. The number of carboxylic acids is 1. The molecular formula is C47H90NO7+. The summed E-state index contributed by atoms with van der Waals surface area (Å²) < 4.78 is 17.3. The topological polar surface area (TPSA) is 99.1 Å². The van der Waals surface area contributed by atoms with Gasteiger partial charge in [0.2, 0.25) is 0 Å². The lowest BCUT2D eigenvalue weighted by molar-refractivity contribution is -0.887. The van der Waals surface area contributed by atoms with Crippen LogP contribution in [0.4, 0.5) is 0 Å². The minimum absolute atomic E-state index is 0.0460. The summed E-state index contributed by atoms with van der Waals surface area (Å²) >= 11 is 0. The third kappa shape index (κ3) is 37.4. The molecule has 0 bridgehead atoms. The lowest BCUT2D eigenvalue weighted by Crippen LogP contribution is -2.50. The van der Waals surface area contributed by atoms with E-state index in [1.165, 1.54) is 148 Å². The molecule has 55 heavy (non-hydrogen) atoms. The fraction of sp³-hybridized carbons (Fsp3) is 0.894. The average molecular weight is 781 g/mol. The molecule has 0 amide bonds. The van der Waals surface area contributed by atoms with E-state index in [-0.39, 0.29) is 36.2 Å². The zero-order valence-electron chi connectivity index (χ0n) is 36.9. The number of carbonyl (C=O) groups is 3. The molecule has 0 saturated carbocycles. The Kier molecular flexibility index (Phi) is 37.6. The number of hydrogen-bond acceptors (Lipinski definition) is 6. The van der Waals surface area contributed by atoms with Crippen molar-refractivity contribution in [2.45, 2.75) is 231 Å². The normalized spacial score (nSPS) is 13.0. The summed E-state index contributed by atoms with van der Waals surface area (Å²) in [6.07, 6.45) is 41.1. The maximum atomic E-state index is 12.7. The van der Waals surface area contributed by atoms with Crippen molar-refractivity contribution in [2.75, 3.05) is 41.0 Å². The van der Waals surface area contributed by atoms with E-state index in [9.17, 15) is 19.5 Å². The van der Waals surface area contributed by atoms with Crippen molar-refractivity contribution >= 4 is 17.9 Å². The van der Waals surface area contributed by atoms with Gasteiger partial charge in [-0.05, 0) is 38.5 Å². The highest BCUT2D eigenvalue weighted by molar-refractivity contribution is 5.72. The fourth-order valence-corrected chi connectivity index (χ4v) is 7.03. The van der Waals surface area contributed by atoms with E-state index in [4.69, 9.17) is 14.2 Å². The van der Waals surface area contributed by atoms with E-state index < -0.39 is 18.1 Å². The molecule has 0 spiro atoms. The van der Waals surface area contributed by atoms with Crippen molar-refractivity contribution in [1.82, 2.24) is 0 Å². The van der Waals surface area contributed by atoms with E-state index >= 15 is 0 Å². The van der Waals surface area contributed by atoms with Crippen molar-refractivity contribution in [2.24, 2.45) is 0 Å². The molecule has 0 rings (SSSR count). The van der Waals surface area contributed by atoms with Crippen LogP contribution in [0, 0.1) is 0 Å². The van der Waals surface area contributed by atoms with Gasteiger partial charge in [-0.25, -0.2) is 4.79 Å². The third-order valence-electron chi connectivity index (χ3n) is 10.7. The first-order chi connectivity index (χ1) is 26.6. The molecule has 0 radical (unpaired) electrons. The quantitative estimate of drug-likeness (QED) is 0.0285. The number of esters is 2. The van der Waals surface area contributed by atoms with Crippen LogP contribution in [-0.2, 0) is 28.6 Å². The number of carbonyl (C=O) groups excluding carboxylic acids is 2. The first-order valence-corrected chi connectivity index (χ1v) is 23.2. The van der Waals surface area contributed by atoms with Crippen molar-refractivity contribution in [3.63, 3.8) is 0 Å². The molecule has 0 heterocycles. The molecule has 0 aliphatic rings. The Hall–Kier alpha value is -1.93. The van der Waals surface area contributed by atoms with Crippen LogP contribution in [-0.4, -0.2) is 80.6 Å². The molecule has 0 aliphatic carbocycles. The second-order valence-corrected chi connectivity index (χ2v) is 17.0. The van der Waals surface area contributed by atoms with Gasteiger partial charge in [0.05, 0.1) is 34.4 Å². The molecule has 2 unspecified atom stereocenters. The maximum absolute atomic E-state index is 12.7. The lowest BCUT2D eigenvalue weighted by atomic mass is 10.1. The molecule has 8 nitrogen and oxygen atoms in total. The molecule has 0 aromatic carbocycles. The van der Waals surface area contributed by atoms with Crippen LogP contribution in [0.1, 0.15) is 219 Å². The zero-order valence-corrected chi connectivity index (χ0v) is 36.9. The lowest BCUT2D eigenvalue weighted by Gasteiger charge is -2.31. The predicted octanol–water partition coefficient (Wildman–Crippen LogP) is 12.7. The van der Waals surface area contributed by atoms with Gasteiger partial charge in [0.15, 0.2) is 12.1 Å². The van der Waals surface area contributed by atoms with Gasteiger partial charge in [-0.2, -0.15) is 0 Å². The number of rotatable bonds is 42. The number of unbranched alkanes of at least 4 members (excludes halogenated alkanes) is 26. The number of nitrogens with zero attached hydrogens (tertiary/aromatic N) is 1. The van der Waals surface area contributed by atoms with Crippen LogP contribution in [0.15, 0.2) is 12.2 Å². The first kappa shape index (κ1) is 53.1. The highest BCUT2D eigenvalue weighted by atomic mass is 16.6. The smallest absolute Gasteiger partial charge is 0.362 e. The molecule has 0 aromatic heterocycles. The second-order valence-electron chi connectivity index (χ2n) is 17.0. The van der Waals surface area contributed by atoms with Gasteiger partial charge in [-0.15, -0.1) is 0 Å². The molecule has 324 valence electrons. The van der Waals surface area contributed by atoms with E-state index in [1.807, 2.05) is 21.1 Å². The van der Waals surface area contributed by atoms with Gasteiger partial charge in [0.25, 0.3) is 0 Å². The Morgan fingerprint density at radius 1 is 0.527 bits per heavy atom. The minimum atomic E-state index is -0.873. The van der Waals surface area contributed by atoms with Crippen LogP contribution in [0.5, 0.6) is 0 Å². The Bertz CT molecular complexity index is 915. The number of quaternary nitrogens is 1. The van der Waals surface area contributed by atoms with Gasteiger partial charge in [0, 0.05) is 19.3 Å². The maximum Gasteiger partial charge on any atom is 0.362 e. The predicted molar refractivity (Wildman–Crippen MR) is 229 cm³/mol. The SMILES string of the molecule is CCCCCCCCCC/C=C\CCCCCCCCCCCC(=O)OC(COCCC(C(=O)O)[N+](C)(C)C)COC(=O)CCCCCCCCCCCC. The van der Waals surface area contributed by atoms with Crippen LogP contribution in [0.2, 0.25) is 0 Å². The Morgan fingerprint density at radius 3 is 1.31 bits per heavy atom. The Balaban J connectivity index is 4.21. The molecule has 8 heteroatoms. The van der Waals surface area contributed by atoms with E-state index in [2.05, 4.69) is 26.0 Å². The standard InChI is InChI=1S/C47H89NO7/c1-6-8-10-12-14-16-18-19-20-21-22-23-24-25-26-27-28-30-32-34-36-38-46(50)55-43(41-53-40-39-44(47(51)52)48(3,4)5)42-54-45(49)37-35-33-31-29-17-15-13-11-9-7-2/h21-22,43-44H,6-20,23-42H2,1-5H3/p+1/b22-21-. The first-order valence-electron chi connectivity index (χ1n) is 23.2. The highest BCUT2D eigenvalue weighted by Gasteiger charge is 2.31. The number of allylic oxidation sites excluding steroid dienone is 2. The Morgan fingerprint density at radius 2 is 0.909 bits per heavy atom. The van der Waals surface area contributed by atoms with Gasteiger partial charge in [-0.3, -0.25) is 9.59 Å². The highest BCUT2D eigenvalue weighted by Crippen LogP contribution is 2.15. The molecule has 0 fully saturated rings. The molecule has 2 atom stereocenters.